The Bertz CT molecular complexity index is 159. The predicted octanol–water partition coefficient (Wildman–Crippen LogP) is 1.36. The van der Waals surface area contributed by atoms with Crippen molar-refractivity contribution in [3.8, 4) is 0 Å². The highest BCUT2D eigenvalue weighted by Crippen LogP contribution is 2.03. The summed E-state index contributed by atoms with van der Waals surface area (Å²) in [5.74, 6) is -0.215. The van der Waals surface area contributed by atoms with Crippen molar-refractivity contribution < 1.29 is 9.59 Å². The molecule has 2 heteroatoms. The first-order chi connectivity index (χ1) is 4.57. The van der Waals surface area contributed by atoms with Gasteiger partial charge in [0.05, 0.1) is 0 Å². The average Bonchev–Trinajstić information content (AvgIpc) is 1.85. The van der Waals surface area contributed by atoms with Crippen LogP contribution in [0.15, 0.2) is 12.7 Å². The summed E-state index contributed by atoms with van der Waals surface area (Å²) >= 11 is 0. The fourth-order valence-electron chi connectivity index (χ4n) is 0.733. The van der Waals surface area contributed by atoms with Crippen molar-refractivity contribution in [1.82, 2.24) is 0 Å². The monoisotopic (exact) mass is 140 g/mol. The van der Waals surface area contributed by atoms with Gasteiger partial charge in [-0.2, -0.15) is 0 Å². The maximum Gasteiger partial charge on any atom is 0.158 e. The lowest BCUT2D eigenvalue weighted by Crippen LogP contribution is -2.10. The Labute approximate surface area is 60.9 Å². The van der Waals surface area contributed by atoms with Crippen LogP contribution in [0.3, 0.4) is 0 Å². The molecule has 56 valence electrons. The summed E-state index contributed by atoms with van der Waals surface area (Å²) in [7, 11) is 0. The lowest BCUT2D eigenvalue weighted by Gasteiger charge is -2.02. The smallest absolute Gasteiger partial charge is 0.158 e. The fourth-order valence-corrected chi connectivity index (χ4v) is 0.733. The minimum atomic E-state index is -0.199. The molecule has 0 bridgehead atoms. The molecule has 0 heterocycles. The van der Waals surface area contributed by atoms with Gasteiger partial charge in [0.15, 0.2) is 5.78 Å². The number of hydrogen-bond acceptors (Lipinski definition) is 2. The number of carbonyl (C=O) groups excluding carboxylic acids is 2. The zero-order valence-electron chi connectivity index (χ0n) is 6.39. The van der Waals surface area contributed by atoms with Gasteiger partial charge in [0.2, 0.25) is 0 Å². The van der Waals surface area contributed by atoms with Gasteiger partial charge in [-0.05, 0) is 13.0 Å². The summed E-state index contributed by atoms with van der Waals surface area (Å²) in [4.78, 5) is 21.3. The molecule has 1 atom stereocenters. The van der Waals surface area contributed by atoms with E-state index < -0.39 is 0 Å². The molecule has 0 aliphatic heterocycles. The molecule has 0 fully saturated rings. The molecule has 0 saturated carbocycles. The largest absolute Gasteiger partial charge is 0.300 e. The minimum absolute atomic E-state index is 0.0442. The van der Waals surface area contributed by atoms with Crippen LogP contribution in [-0.2, 0) is 9.59 Å². The molecule has 0 aromatic carbocycles. The number of allylic oxidation sites excluding steroid dienone is 1. The number of ketones is 2. The number of Topliss-reactive ketones (excluding diaryl/α,β-unsaturated/α-hetero) is 1. The fraction of sp³-hybridized carbons (Fsp3) is 0.500. The zero-order valence-corrected chi connectivity index (χ0v) is 6.39. The number of hydrogen-bond donors (Lipinski definition) is 0. The lowest BCUT2D eigenvalue weighted by molar-refractivity contribution is -0.123. The second kappa shape index (κ2) is 3.99. The first-order valence-electron chi connectivity index (χ1n) is 3.23. The SMILES string of the molecule is C=CC(=O)C(C)CC(C)=O. The quantitative estimate of drug-likeness (QED) is 0.552. The first-order valence-corrected chi connectivity index (χ1v) is 3.23. The molecule has 0 rings (SSSR count). The molecule has 0 aromatic rings. The molecule has 0 N–H and O–H groups in total. The van der Waals surface area contributed by atoms with Crippen LogP contribution < -0.4 is 0 Å². The summed E-state index contributed by atoms with van der Waals surface area (Å²) in [6, 6.07) is 0. The van der Waals surface area contributed by atoms with Crippen molar-refractivity contribution in [3.05, 3.63) is 12.7 Å². The van der Waals surface area contributed by atoms with Crippen molar-refractivity contribution in [1.29, 1.82) is 0 Å². The zero-order chi connectivity index (χ0) is 8.15. The van der Waals surface area contributed by atoms with Crippen molar-refractivity contribution in [3.63, 3.8) is 0 Å². The molecular weight excluding hydrogens is 128 g/mol. The summed E-state index contributed by atoms with van der Waals surface area (Å²) < 4.78 is 0. The second-order valence-electron chi connectivity index (χ2n) is 2.41. The third kappa shape index (κ3) is 3.17. The van der Waals surface area contributed by atoms with E-state index in [4.69, 9.17) is 0 Å². The van der Waals surface area contributed by atoms with E-state index >= 15 is 0 Å². The van der Waals surface area contributed by atoms with Crippen LogP contribution in [0.25, 0.3) is 0 Å². The third-order valence-electron chi connectivity index (χ3n) is 1.28. The number of rotatable bonds is 4. The highest BCUT2D eigenvalue weighted by Gasteiger charge is 2.10. The predicted molar refractivity (Wildman–Crippen MR) is 39.7 cm³/mol. The molecule has 1 unspecified atom stereocenters. The van der Waals surface area contributed by atoms with Crippen molar-refractivity contribution >= 4 is 11.6 Å². The van der Waals surface area contributed by atoms with Crippen LogP contribution in [0, 0.1) is 5.92 Å². The van der Waals surface area contributed by atoms with Gasteiger partial charge in [0.25, 0.3) is 0 Å². The van der Waals surface area contributed by atoms with Gasteiger partial charge in [0, 0.05) is 12.3 Å². The molecule has 0 radical (unpaired) electrons. The summed E-state index contributed by atoms with van der Waals surface area (Å²) in [6.45, 7) is 6.53. The van der Waals surface area contributed by atoms with E-state index in [1.807, 2.05) is 0 Å². The van der Waals surface area contributed by atoms with E-state index in [-0.39, 0.29) is 17.5 Å². The molecule has 0 spiro atoms. The van der Waals surface area contributed by atoms with Crippen LogP contribution in [0.1, 0.15) is 20.3 Å². The van der Waals surface area contributed by atoms with Gasteiger partial charge in [-0.25, -0.2) is 0 Å². The van der Waals surface area contributed by atoms with Gasteiger partial charge in [-0.1, -0.05) is 13.5 Å². The Morgan fingerprint density at radius 2 is 2.10 bits per heavy atom. The van der Waals surface area contributed by atoms with E-state index in [2.05, 4.69) is 6.58 Å². The van der Waals surface area contributed by atoms with Gasteiger partial charge >= 0.3 is 0 Å². The standard InChI is InChI=1S/C8H12O2/c1-4-8(10)6(2)5-7(3)9/h4,6H,1,5H2,2-3H3. The molecule has 0 saturated heterocycles. The Balaban J connectivity index is 3.84. The van der Waals surface area contributed by atoms with E-state index in [0.29, 0.717) is 6.42 Å². The van der Waals surface area contributed by atoms with Gasteiger partial charge in [-0.15, -0.1) is 0 Å². The van der Waals surface area contributed by atoms with Crippen LogP contribution in [-0.4, -0.2) is 11.6 Å². The maximum atomic E-state index is 10.8. The lowest BCUT2D eigenvalue weighted by atomic mass is 10.0. The van der Waals surface area contributed by atoms with Crippen molar-refractivity contribution in [2.24, 2.45) is 5.92 Å². The Morgan fingerprint density at radius 1 is 1.60 bits per heavy atom. The summed E-state index contributed by atoms with van der Waals surface area (Å²) in [6.07, 6.45) is 1.58. The summed E-state index contributed by atoms with van der Waals surface area (Å²) in [5.41, 5.74) is 0. The van der Waals surface area contributed by atoms with E-state index in [9.17, 15) is 9.59 Å². The van der Waals surface area contributed by atoms with Crippen LogP contribution in [0.4, 0.5) is 0 Å². The minimum Gasteiger partial charge on any atom is -0.300 e. The Kier molecular flexibility index (Phi) is 3.62. The Morgan fingerprint density at radius 3 is 2.40 bits per heavy atom. The third-order valence-corrected chi connectivity index (χ3v) is 1.28. The molecule has 10 heavy (non-hydrogen) atoms. The molecule has 0 amide bonds. The molecular formula is C8H12O2. The normalized spacial score (nSPS) is 12.2. The molecule has 0 aromatic heterocycles. The molecule has 0 aliphatic carbocycles. The van der Waals surface area contributed by atoms with Gasteiger partial charge < -0.3 is 4.79 Å². The van der Waals surface area contributed by atoms with Crippen molar-refractivity contribution in [2.45, 2.75) is 20.3 Å². The molecule has 2 nitrogen and oxygen atoms in total. The van der Waals surface area contributed by atoms with E-state index in [1.165, 1.54) is 13.0 Å². The Hall–Kier alpha value is -0.920. The van der Waals surface area contributed by atoms with E-state index in [0.717, 1.165) is 0 Å². The summed E-state index contributed by atoms with van der Waals surface area (Å²) in [5, 5.41) is 0. The van der Waals surface area contributed by atoms with E-state index in [1.54, 1.807) is 6.92 Å². The average molecular weight is 140 g/mol. The first kappa shape index (κ1) is 9.08. The maximum absolute atomic E-state index is 10.8. The van der Waals surface area contributed by atoms with Crippen LogP contribution in [0.5, 0.6) is 0 Å². The highest BCUT2D eigenvalue weighted by atomic mass is 16.1. The van der Waals surface area contributed by atoms with Gasteiger partial charge in [-0.3, -0.25) is 4.79 Å². The van der Waals surface area contributed by atoms with Crippen LogP contribution in [0.2, 0.25) is 0 Å². The van der Waals surface area contributed by atoms with Gasteiger partial charge in [0.1, 0.15) is 5.78 Å². The second-order valence-corrected chi connectivity index (χ2v) is 2.41. The van der Waals surface area contributed by atoms with Crippen LogP contribution >= 0.6 is 0 Å². The number of carbonyl (C=O) groups is 2. The molecule has 0 aliphatic rings. The highest BCUT2D eigenvalue weighted by molar-refractivity contribution is 5.93. The van der Waals surface area contributed by atoms with Crippen molar-refractivity contribution in [2.75, 3.05) is 0 Å². The topological polar surface area (TPSA) is 34.1 Å².